The fraction of sp³-hybridized carbons (Fsp3) is 0.500. The topological polar surface area (TPSA) is 71.8 Å². The molecule has 1 N–H and O–H groups in total. The number of aryl methyl sites for hydroxylation is 1. The number of ether oxygens (including phenoxy) is 1. The largest absolute Gasteiger partial charge is 0.378 e. The first-order valence-electron chi connectivity index (χ1n) is 7.10. The van der Waals surface area contributed by atoms with Crippen molar-refractivity contribution in [3.63, 3.8) is 0 Å². The molecule has 3 rings (SSSR count). The highest BCUT2D eigenvalue weighted by Crippen LogP contribution is 2.11. The number of amides is 1. The fourth-order valence-corrected chi connectivity index (χ4v) is 2.41. The molecule has 1 amide bonds. The van der Waals surface area contributed by atoms with Gasteiger partial charge in [-0.25, -0.2) is 4.52 Å². The van der Waals surface area contributed by atoms with Gasteiger partial charge in [0.25, 0.3) is 0 Å². The highest BCUT2D eigenvalue weighted by atomic mass is 16.5. The first-order valence-corrected chi connectivity index (χ1v) is 7.10. The minimum absolute atomic E-state index is 0.0499. The maximum absolute atomic E-state index is 12.3. The quantitative estimate of drug-likeness (QED) is 0.900. The number of aromatic nitrogens is 3. The molecule has 7 heteroatoms. The lowest BCUT2D eigenvalue weighted by Gasteiger charge is -2.29. The van der Waals surface area contributed by atoms with E-state index in [1.54, 1.807) is 4.52 Å². The SMILES string of the molecule is Cc1cccn2nc(NC(C)C(=O)N3CCOCC3)nc12. The van der Waals surface area contributed by atoms with Crippen LogP contribution in [0.1, 0.15) is 12.5 Å². The molecule has 3 heterocycles. The van der Waals surface area contributed by atoms with Crippen LogP contribution in [0.2, 0.25) is 0 Å². The van der Waals surface area contributed by atoms with Crippen molar-refractivity contribution in [2.24, 2.45) is 0 Å². The third-order valence-corrected chi connectivity index (χ3v) is 3.60. The molecule has 1 saturated heterocycles. The predicted molar refractivity (Wildman–Crippen MR) is 78.2 cm³/mol. The molecule has 7 nitrogen and oxygen atoms in total. The van der Waals surface area contributed by atoms with Crippen molar-refractivity contribution in [3.05, 3.63) is 23.9 Å². The maximum atomic E-state index is 12.3. The maximum Gasteiger partial charge on any atom is 0.245 e. The van der Waals surface area contributed by atoms with Crippen molar-refractivity contribution in [1.82, 2.24) is 19.5 Å². The van der Waals surface area contributed by atoms with Crippen LogP contribution < -0.4 is 5.32 Å². The van der Waals surface area contributed by atoms with Gasteiger partial charge >= 0.3 is 0 Å². The van der Waals surface area contributed by atoms with E-state index in [0.717, 1.165) is 11.2 Å². The van der Waals surface area contributed by atoms with Gasteiger partial charge in [0.05, 0.1) is 13.2 Å². The molecule has 0 spiro atoms. The van der Waals surface area contributed by atoms with Crippen LogP contribution in [0.15, 0.2) is 18.3 Å². The van der Waals surface area contributed by atoms with Gasteiger partial charge in [0.15, 0.2) is 5.65 Å². The summed E-state index contributed by atoms with van der Waals surface area (Å²) >= 11 is 0. The molecule has 0 aromatic carbocycles. The number of morpholine rings is 1. The van der Waals surface area contributed by atoms with Crippen LogP contribution in [0.4, 0.5) is 5.95 Å². The van der Waals surface area contributed by atoms with Crippen LogP contribution in [-0.2, 0) is 9.53 Å². The molecule has 0 saturated carbocycles. The fourth-order valence-electron chi connectivity index (χ4n) is 2.41. The van der Waals surface area contributed by atoms with E-state index in [1.165, 1.54) is 0 Å². The molecule has 112 valence electrons. The third-order valence-electron chi connectivity index (χ3n) is 3.60. The van der Waals surface area contributed by atoms with Crippen LogP contribution in [0.3, 0.4) is 0 Å². The zero-order valence-electron chi connectivity index (χ0n) is 12.2. The molecule has 2 aromatic heterocycles. The van der Waals surface area contributed by atoms with Crippen LogP contribution >= 0.6 is 0 Å². The molecule has 21 heavy (non-hydrogen) atoms. The van der Waals surface area contributed by atoms with E-state index in [4.69, 9.17) is 4.74 Å². The van der Waals surface area contributed by atoms with E-state index in [0.29, 0.717) is 32.3 Å². The van der Waals surface area contributed by atoms with E-state index in [2.05, 4.69) is 15.4 Å². The average molecular weight is 289 g/mol. The van der Waals surface area contributed by atoms with Crippen molar-refractivity contribution in [2.75, 3.05) is 31.6 Å². The predicted octanol–water partition coefficient (Wildman–Crippen LogP) is 0.697. The van der Waals surface area contributed by atoms with Gasteiger partial charge < -0.3 is 15.0 Å². The zero-order valence-corrected chi connectivity index (χ0v) is 12.2. The summed E-state index contributed by atoms with van der Waals surface area (Å²) < 4.78 is 6.97. The standard InChI is InChI=1S/C14H19N5O2/c1-10-4-3-5-19-12(10)16-14(17-19)15-11(2)13(20)18-6-8-21-9-7-18/h3-5,11H,6-9H2,1-2H3,(H,15,17). The van der Waals surface area contributed by atoms with Crippen LogP contribution in [-0.4, -0.2) is 57.8 Å². The number of nitrogens with zero attached hydrogens (tertiary/aromatic N) is 4. The van der Waals surface area contributed by atoms with Crippen LogP contribution in [0.5, 0.6) is 0 Å². The molecule has 1 atom stereocenters. The Morgan fingerprint density at radius 3 is 2.90 bits per heavy atom. The molecule has 0 radical (unpaired) electrons. The van der Waals surface area contributed by atoms with Gasteiger partial charge in [-0.05, 0) is 25.5 Å². The van der Waals surface area contributed by atoms with Gasteiger partial charge in [-0.1, -0.05) is 6.07 Å². The minimum atomic E-state index is -0.360. The van der Waals surface area contributed by atoms with Gasteiger partial charge in [-0.15, -0.1) is 5.10 Å². The molecule has 1 unspecified atom stereocenters. The summed E-state index contributed by atoms with van der Waals surface area (Å²) in [5, 5.41) is 7.42. The summed E-state index contributed by atoms with van der Waals surface area (Å²) in [4.78, 5) is 18.6. The average Bonchev–Trinajstić information content (AvgIpc) is 2.91. The Hall–Kier alpha value is -2.15. The summed E-state index contributed by atoms with van der Waals surface area (Å²) in [7, 11) is 0. The third kappa shape index (κ3) is 2.82. The minimum Gasteiger partial charge on any atom is -0.378 e. The van der Waals surface area contributed by atoms with Gasteiger partial charge in [-0.3, -0.25) is 4.79 Å². The number of anilines is 1. The lowest BCUT2D eigenvalue weighted by molar-refractivity contribution is -0.135. The Bertz CT molecular complexity index is 648. The highest BCUT2D eigenvalue weighted by Gasteiger charge is 2.23. The zero-order chi connectivity index (χ0) is 14.8. The van der Waals surface area contributed by atoms with Gasteiger partial charge in [0.2, 0.25) is 11.9 Å². The molecular weight excluding hydrogens is 270 g/mol. The van der Waals surface area contributed by atoms with E-state index in [-0.39, 0.29) is 11.9 Å². The van der Waals surface area contributed by atoms with Gasteiger partial charge in [0, 0.05) is 19.3 Å². The number of pyridine rings is 1. The molecule has 1 aliphatic heterocycles. The van der Waals surface area contributed by atoms with Crippen LogP contribution in [0, 0.1) is 6.92 Å². The van der Waals surface area contributed by atoms with Gasteiger partial charge in [-0.2, -0.15) is 4.98 Å². The molecule has 0 aliphatic carbocycles. The Labute approximate surface area is 122 Å². The summed E-state index contributed by atoms with van der Waals surface area (Å²) in [6, 6.07) is 3.54. The second-order valence-corrected chi connectivity index (χ2v) is 5.20. The van der Waals surface area contributed by atoms with Gasteiger partial charge in [0.1, 0.15) is 6.04 Å². The molecule has 1 fully saturated rings. The summed E-state index contributed by atoms with van der Waals surface area (Å²) in [5.74, 6) is 0.521. The first kappa shape index (κ1) is 13.8. The lowest BCUT2D eigenvalue weighted by Crippen LogP contribution is -2.47. The Balaban J connectivity index is 1.72. The monoisotopic (exact) mass is 289 g/mol. The van der Waals surface area contributed by atoms with Crippen molar-refractivity contribution >= 4 is 17.5 Å². The van der Waals surface area contributed by atoms with Crippen molar-refractivity contribution in [2.45, 2.75) is 19.9 Å². The number of rotatable bonds is 3. The molecule has 1 aliphatic rings. The van der Waals surface area contributed by atoms with E-state index >= 15 is 0 Å². The number of nitrogens with one attached hydrogen (secondary N) is 1. The van der Waals surface area contributed by atoms with Crippen LogP contribution in [0.25, 0.3) is 5.65 Å². The van der Waals surface area contributed by atoms with Crippen molar-refractivity contribution in [3.8, 4) is 0 Å². The van der Waals surface area contributed by atoms with E-state index in [9.17, 15) is 4.79 Å². The Kier molecular flexibility index (Phi) is 3.74. The second kappa shape index (κ2) is 5.69. The molecular formula is C14H19N5O2. The second-order valence-electron chi connectivity index (χ2n) is 5.20. The number of carbonyl (C=O) groups is 1. The van der Waals surface area contributed by atoms with Crippen molar-refractivity contribution < 1.29 is 9.53 Å². The Morgan fingerprint density at radius 2 is 2.19 bits per heavy atom. The Morgan fingerprint density at radius 1 is 1.43 bits per heavy atom. The lowest BCUT2D eigenvalue weighted by atomic mass is 10.2. The highest BCUT2D eigenvalue weighted by molar-refractivity contribution is 5.84. The van der Waals surface area contributed by atoms with E-state index < -0.39 is 0 Å². The molecule has 2 aromatic rings. The summed E-state index contributed by atoms with van der Waals surface area (Å²) in [5.41, 5.74) is 1.84. The normalized spacial score (nSPS) is 17.0. The van der Waals surface area contributed by atoms with E-state index in [1.807, 2.05) is 37.1 Å². The number of hydrogen-bond donors (Lipinski definition) is 1. The smallest absolute Gasteiger partial charge is 0.245 e. The molecule has 0 bridgehead atoms. The summed E-state index contributed by atoms with van der Waals surface area (Å²) in [6.45, 7) is 6.30. The number of hydrogen-bond acceptors (Lipinski definition) is 5. The summed E-state index contributed by atoms with van der Waals surface area (Å²) in [6.07, 6.45) is 1.84. The van der Waals surface area contributed by atoms with Crippen molar-refractivity contribution in [1.29, 1.82) is 0 Å². The first-order chi connectivity index (χ1) is 10.1. The number of fused-ring (bicyclic) bond motifs is 1. The number of carbonyl (C=O) groups excluding carboxylic acids is 1.